The third-order valence-corrected chi connectivity index (χ3v) is 2.09. The first-order valence-electron chi connectivity index (χ1n) is 4.77. The van der Waals surface area contributed by atoms with Gasteiger partial charge in [0.15, 0.2) is 0 Å². The highest BCUT2D eigenvalue weighted by atomic mass is 16.5. The second-order valence-electron chi connectivity index (χ2n) is 3.00. The van der Waals surface area contributed by atoms with E-state index in [4.69, 9.17) is 9.47 Å². The van der Waals surface area contributed by atoms with Crippen LogP contribution in [0.25, 0.3) is 0 Å². The summed E-state index contributed by atoms with van der Waals surface area (Å²) in [6.07, 6.45) is 0. The Kier molecular flexibility index (Phi) is 3.88. The van der Waals surface area contributed by atoms with E-state index in [1.807, 2.05) is 0 Å². The molecule has 0 bridgehead atoms. The number of ether oxygens (including phenoxy) is 2. The number of rotatable bonds is 4. The summed E-state index contributed by atoms with van der Waals surface area (Å²) in [4.78, 5) is 22.5. The van der Waals surface area contributed by atoms with E-state index < -0.39 is 6.04 Å². The van der Waals surface area contributed by atoms with Gasteiger partial charge in [-0.2, -0.15) is 0 Å². The van der Waals surface area contributed by atoms with E-state index in [1.54, 1.807) is 13.8 Å². The fraction of sp³-hybridized carbons (Fsp3) is 0.778. The molecule has 0 amide bonds. The molecule has 0 aromatic rings. The molecule has 1 aliphatic heterocycles. The van der Waals surface area contributed by atoms with E-state index in [2.05, 4.69) is 5.32 Å². The van der Waals surface area contributed by atoms with Gasteiger partial charge in [0.25, 0.3) is 0 Å². The monoisotopic (exact) mass is 201 g/mol. The fourth-order valence-electron chi connectivity index (χ4n) is 1.30. The number of hydrogen-bond donors (Lipinski definition) is 1. The lowest BCUT2D eigenvalue weighted by Gasteiger charge is -2.33. The number of hydrogen-bond acceptors (Lipinski definition) is 5. The Balaban J connectivity index is 2.41. The standard InChI is InChI=1S/C9H15NO4/c1-3-13-8(11)6-5-10-7(6)9(12)14-4-2/h6-7,10H,3-5H2,1-2H3. The molecule has 14 heavy (non-hydrogen) atoms. The molecule has 1 aliphatic rings. The van der Waals surface area contributed by atoms with Crippen LogP contribution in [0.1, 0.15) is 13.8 Å². The quantitative estimate of drug-likeness (QED) is 0.633. The van der Waals surface area contributed by atoms with Crippen LogP contribution >= 0.6 is 0 Å². The molecule has 1 heterocycles. The Morgan fingerprint density at radius 3 is 2.21 bits per heavy atom. The summed E-state index contributed by atoms with van der Waals surface area (Å²) in [5.41, 5.74) is 0. The molecule has 0 spiro atoms. The predicted molar refractivity (Wildman–Crippen MR) is 48.5 cm³/mol. The molecule has 0 aliphatic carbocycles. The summed E-state index contributed by atoms with van der Waals surface area (Å²) in [5, 5.41) is 2.84. The van der Waals surface area contributed by atoms with Gasteiger partial charge in [-0.05, 0) is 13.8 Å². The van der Waals surface area contributed by atoms with Crippen LogP contribution in [0.2, 0.25) is 0 Å². The average molecular weight is 201 g/mol. The van der Waals surface area contributed by atoms with E-state index in [9.17, 15) is 9.59 Å². The highest BCUT2D eigenvalue weighted by Crippen LogP contribution is 2.16. The highest BCUT2D eigenvalue weighted by Gasteiger charge is 2.43. The highest BCUT2D eigenvalue weighted by molar-refractivity contribution is 5.86. The zero-order valence-electron chi connectivity index (χ0n) is 8.41. The topological polar surface area (TPSA) is 64.6 Å². The maximum atomic E-state index is 11.3. The van der Waals surface area contributed by atoms with E-state index in [0.717, 1.165) is 0 Å². The zero-order chi connectivity index (χ0) is 10.6. The van der Waals surface area contributed by atoms with Gasteiger partial charge >= 0.3 is 11.9 Å². The van der Waals surface area contributed by atoms with Gasteiger partial charge in [-0.25, -0.2) is 0 Å². The minimum absolute atomic E-state index is 0.326. The number of esters is 2. The minimum Gasteiger partial charge on any atom is -0.466 e. The summed E-state index contributed by atoms with van der Waals surface area (Å²) in [5.74, 6) is -1.09. The van der Waals surface area contributed by atoms with Gasteiger partial charge in [0.2, 0.25) is 0 Å². The first-order valence-corrected chi connectivity index (χ1v) is 4.77. The van der Waals surface area contributed by atoms with E-state index in [-0.39, 0.29) is 17.9 Å². The van der Waals surface area contributed by atoms with Crippen LogP contribution in [0.4, 0.5) is 0 Å². The molecule has 5 nitrogen and oxygen atoms in total. The fourth-order valence-corrected chi connectivity index (χ4v) is 1.30. The van der Waals surface area contributed by atoms with Crippen LogP contribution in [0, 0.1) is 5.92 Å². The molecule has 0 saturated carbocycles. The van der Waals surface area contributed by atoms with Crippen LogP contribution in [0.15, 0.2) is 0 Å². The lowest BCUT2D eigenvalue weighted by Crippen LogP contribution is -2.61. The third-order valence-electron chi connectivity index (χ3n) is 2.09. The van der Waals surface area contributed by atoms with E-state index in [1.165, 1.54) is 0 Å². The van der Waals surface area contributed by atoms with Gasteiger partial charge in [-0.3, -0.25) is 9.59 Å². The molecule has 2 unspecified atom stereocenters. The van der Waals surface area contributed by atoms with Crippen molar-refractivity contribution in [3.63, 3.8) is 0 Å². The number of carbonyl (C=O) groups excluding carboxylic acids is 2. The summed E-state index contributed by atoms with van der Waals surface area (Å²) >= 11 is 0. The molecule has 0 radical (unpaired) electrons. The lowest BCUT2D eigenvalue weighted by atomic mass is 9.92. The number of nitrogens with one attached hydrogen (secondary N) is 1. The Bertz CT molecular complexity index is 205. The Morgan fingerprint density at radius 1 is 1.21 bits per heavy atom. The van der Waals surface area contributed by atoms with Gasteiger partial charge in [0.1, 0.15) is 6.04 Å². The van der Waals surface area contributed by atoms with Gasteiger partial charge in [0.05, 0.1) is 19.1 Å². The molecule has 1 N–H and O–H groups in total. The molecule has 1 rings (SSSR count). The van der Waals surface area contributed by atoms with Crippen molar-refractivity contribution >= 4 is 11.9 Å². The van der Waals surface area contributed by atoms with Crippen molar-refractivity contribution in [3.05, 3.63) is 0 Å². The van der Waals surface area contributed by atoms with Crippen molar-refractivity contribution in [1.82, 2.24) is 5.32 Å². The minimum atomic E-state index is -0.519. The Morgan fingerprint density at radius 2 is 1.79 bits per heavy atom. The van der Waals surface area contributed by atoms with Crippen LogP contribution < -0.4 is 5.32 Å². The van der Waals surface area contributed by atoms with Crippen LogP contribution in [-0.2, 0) is 19.1 Å². The predicted octanol–water partition coefficient (Wildman–Crippen LogP) is -0.299. The largest absolute Gasteiger partial charge is 0.466 e. The first-order chi connectivity index (χ1) is 6.70. The molecular weight excluding hydrogens is 186 g/mol. The smallest absolute Gasteiger partial charge is 0.324 e. The van der Waals surface area contributed by atoms with Crippen molar-refractivity contribution in [2.24, 2.45) is 5.92 Å². The molecule has 0 aromatic heterocycles. The molecule has 2 atom stereocenters. The molecular formula is C9H15NO4. The Hall–Kier alpha value is -1.10. The zero-order valence-corrected chi connectivity index (χ0v) is 8.41. The van der Waals surface area contributed by atoms with Gasteiger partial charge in [0, 0.05) is 6.54 Å². The molecule has 1 fully saturated rings. The van der Waals surface area contributed by atoms with Gasteiger partial charge in [-0.1, -0.05) is 0 Å². The van der Waals surface area contributed by atoms with Crippen molar-refractivity contribution in [2.45, 2.75) is 19.9 Å². The molecule has 1 saturated heterocycles. The second-order valence-corrected chi connectivity index (χ2v) is 3.00. The molecule has 5 heteroatoms. The second kappa shape index (κ2) is 4.95. The van der Waals surface area contributed by atoms with Crippen molar-refractivity contribution < 1.29 is 19.1 Å². The maximum absolute atomic E-state index is 11.3. The van der Waals surface area contributed by atoms with Crippen LogP contribution in [-0.4, -0.2) is 37.7 Å². The summed E-state index contributed by atoms with van der Waals surface area (Å²) in [7, 11) is 0. The first kappa shape index (κ1) is 11.0. The van der Waals surface area contributed by atoms with Gasteiger partial charge in [-0.15, -0.1) is 0 Å². The van der Waals surface area contributed by atoms with Crippen molar-refractivity contribution in [3.8, 4) is 0 Å². The van der Waals surface area contributed by atoms with Crippen LogP contribution in [0.5, 0.6) is 0 Å². The van der Waals surface area contributed by atoms with Crippen LogP contribution in [0.3, 0.4) is 0 Å². The Labute approximate surface area is 82.8 Å². The summed E-state index contributed by atoms with van der Waals surface area (Å²) in [6.45, 7) is 4.62. The summed E-state index contributed by atoms with van der Waals surface area (Å²) < 4.78 is 9.61. The average Bonchev–Trinajstić information content (AvgIpc) is 2.02. The lowest BCUT2D eigenvalue weighted by molar-refractivity contribution is -0.162. The number of carbonyl (C=O) groups is 2. The molecule has 0 aromatic carbocycles. The van der Waals surface area contributed by atoms with Gasteiger partial charge < -0.3 is 14.8 Å². The SMILES string of the molecule is CCOC(=O)C1CNC1C(=O)OCC. The van der Waals surface area contributed by atoms with Crippen molar-refractivity contribution in [1.29, 1.82) is 0 Å². The van der Waals surface area contributed by atoms with Crippen molar-refractivity contribution in [2.75, 3.05) is 19.8 Å². The molecule has 80 valence electrons. The van der Waals surface area contributed by atoms with E-state index >= 15 is 0 Å². The summed E-state index contributed by atoms with van der Waals surface area (Å²) in [6, 6.07) is -0.519. The normalized spacial score (nSPS) is 25.0. The van der Waals surface area contributed by atoms with E-state index in [0.29, 0.717) is 19.8 Å². The third kappa shape index (κ3) is 2.23. The maximum Gasteiger partial charge on any atom is 0.324 e.